The van der Waals surface area contributed by atoms with Crippen LogP contribution in [0.3, 0.4) is 0 Å². The van der Waals surface area contributed by atoms with Crippen molar-refractivity contribution in [1.82, 2.24) is 19.8 Å². The van der Waals surface area contributed by atoms with E-state index in [1.165, 1.54) is 0 Å². The smallest absolute Gasteiger partial charge is 0.249 e. The highest BCUT2D eigenvalue weighted by molar-refractivity contribution is 7.71. The van der Waals surface area contributed by atoms with Crippen molar-refractivity contribution in [1.29, 1.82) is 0 Å². The lowest BCUT2D eigenvalue weighted by atomic mass is 10.2. The zero-order valence-corrected chi connectivity index (χ0v) is 20.1. The molecule has 10 heteroatoms. The van der Waals surface area contributed by atoms with Gasteiger partial charge in [-0.3, -0.25) is 19.1 Å². The van der Waals surface area contributed by atoms with Gasteiger partial charge in [-0.15, -0.1) is 0 Å². The van der Waals surface area contributed by atoms with Crippen LogP contribution in [0.5, 0.6) is 0 Å². The second kappa shape index (κ2) is 9.69. The number of nitrogens with zero attached hydrogens (tertiary/aromatic N) is 4. The molecule has 3 aromatic rings. The van der Waals surface area contributed by atoms with Crippen molar-refractivity contribution in [2.24, 2.45) is 0 Å². The first-order valence-electron chi connectivity index (χ1n) is 11.3. The van der Waals surface area contributed by atoms with Crippen LogP contribution in [0.15, 0.2) is 48.5 Å². The van der Waals surface area contributed by atoms with Crippen molar-refractivity contribution in [2.75, 3.05) is 49.5 Å². The van der Waals surface area contributed by atoms with Gasteiger partial charge < -0.3 is 15.5 Å². The minimum atomic E-state index is -0.694. The fourth-order valence-corrected chi connectivity index (χ4v) is 5.08. The second-order valence-electron chi connectivity index (χ2n) is 8.50. The van der Waals surface area contributed by atoms with Crippen LogP contribution in [-0.2, 0) is 9.59 Å². The molecule has 2 aliphatic heterocycles. The molecular weight excluding hydrogens is 472 g/mol. The zero-order chi connectivity index (χ0) is 23.7. The van der Waals surface area contributed by atoms with E-state index in [0.717, 1.165) is 54.3 Å². The van der Waals surface area contributed by atoms with Crippen molar-refractivity contribution in [3.63, 3.8) is 0 Å². The second-order valence-corrected chi connectivity index (χ2v) is 9.30. The first-order chi connectivity index (χ1) is 16.5. The molecule has 1 unspecified atom stereocenters. The van der Waals surface area contributed by atoms with Crippen molar-refractivity contribution >= 4 is 58.0 Å². The number of hydrogen-bond acceptors (Lipinski definition) is 6. The van der Waals surface area contributed by atoms with E-state index in [2.05, 4.69) is 31.5 Å². The maximum absolute atomic E-state index is 12.6. The Labute approximate surface area is 207 Å². The van der Waals surface area contributed by atoms with Crippen LogP contribution in [0, 0.1) is 4.77 Å². The minimum Gasteiger partial charge on any atom is -0.369 e. The Hall–Kier alpha value is -3.01. The molecule has 5 rings (SSSR count). The third-order valence-corrected chi connectivity index (χ3v) is 6.88. The molecule has 2 amide bonds. The van der Waals surface area contributed by atoms with Gasteiger partial charge in [-0.05, 0) is 42.5 Å². The summed E-state index contributed by atoms with van der Waals surface area (Å²) in [6, 6.07) is 14.7. The van der Waals surface area contributed by atoms with Crippen molar-refractivity contribution in [2.45, 2.75) is 12.5 Å². The van der Waals surface area contributed by atoms with E-state index in [0.29, 0.717) is 17.1 Å². The van der Waals surface area contributed by atoms with Gasteiger partial charge >= 0.3 is 0 Å². The van der Waals surface area contributed by atoms with Gasteiger partial charge in [0.1, 0.15) is 11.9 Å². The van der Waals surface area contributed by atoms with Gasteiger partial charge in [-0.25, -0.2) is 4.98 Å². The molecule has 0 spiro atoms. The van der Waals surface area contributed by atoms with Crippen molar-refractivity contribution < 1.29 is 9.59 Å². The molecule has 1 saturated heterocycles. The molecular formula is C24H25ClN6O2S. The fraction of sp³-hybridized carbons (Fsp3) is 0.333. The number of piperazine rings is 1. The summed E-state index contributed by atoms with van der Waals surface area (Å²) in [6.45, 7) is 4.93. The number of fused-ring (bicyclic) bond motifs is 3. The molecule has 176 valence electrons. The first kappa shape index (κ1) is 22.8. The summed E-state index contributed by atoms with van der Waals surface area (Å²) in [5, 5.41) is 7.39. The topological polar surface area (TPSA) is 82.5 Å². The number of benzene rings is 2. The number of carbonyl (C=O) groups is 2. The lowest BCUT2D eigenvalue weighted by Crippen LogP contribution is -2.48. The van der Waals surface area contributed by atoms with Crippen molar-refractivity contribution in [3.05, 3.63) is 58.3 Å². The van der Waals surface area contributed by atoms with Crippen LogP contribution in [0.2, 0.25) is 5.02 Å². The molecule has 34 heavy (non-hydrogen) atoms. The molecule has 0 radical (unpaired) electrons. The summed E-state index contributed by atoms with van der Waals surface area (Å²) >= 11 is 11.5. The Kier molecular flexibility index (Phi) is 6.49. The summed E-state index contributed by atoms with van der Waals surface area (Å²) in [5.41, 5.74) is 1.86. The maximum atomic E-state index is 12.6. The Balaban J connectivity index is 1.14. The van der Waals surface area contributed by atoms with Crippen LogP contribution in [-0.4, -0.2) is 65.5 Å². The summed E-state index contributed by atoms with van der Waals surface area (Å²) in [7, 11) is 0. The molecule has 8 nitrogen and oxygen atoms in total. The molecule has 2 N–H and O–H groups in total. The van der Waals surface area contributed by atoms with Gasteiger partial charge in [0, 0.05) is 55.4 Å². The predicted molar refractivity (Wildman–Crippen MR) is 136 cm³/mol. The van der Waals surface area contributed by atoms with E-state index in [-0.39, 0.29) is 18.2 Å². The molecule has 3 heterocycles. The van der Waals surface area contributed by atoms with E-state index in [1.54, 1.807) is 4.57 Å². The quantitative estimate of drug-likeness (QED) is 0.510. The number of para-hydroxylation sites is 1. The number of nitrogens with one attached hydrogen (secondary N) is 2. The summed E-state index contributed by atoms with van der Waals surface area (Å²) in [6.07, 6.45) is 0.0235. The minimum absolute atomic E-state index is 0.0235. The Bertz CT molecular complexity index is 1300. The van der Waals surface area contributed by atoms with E-state index >= 15 is 0 Å². The third kappa shape index (κ3) is 4.64. The van der Waals surface area contributed by atoms with Crippen LogP contribution < -0.4 is 15.5 Å². The number of carbonyl (C=O) groups excluding carboxylic acids is 2. The van der Waals surface area contributed by atoms with E-state index in [1.807, 2.05) is 42.5 Å². The Morgan fingerprint density at radius 1 is 1.15 bits per heavy atom. The van der Waals surface area contributed by atoms with Crippen LogP contribution >= 0.6 is 23.8 Å². The van der Waals surface area contributed by atoms with Gasteiger partial charge in [0.05, 0.1) is 11.9 Å². The van der Waals surface area contributed by atoms with E-state index < -0.39 is 6.04 Å². The van der Waals surface area contributed by atoms with Gasteiger partial charge in [-0.1, -0.05) is 29.8 Å². The fourth-order valence-electron chi connectivity index (χ4n) is 4.58. The number of hydrogen-bond donors (Lipinski definition) is 2. The van der Waals surface area contributed by atoms with Crippen LogP contribution in [0.25, 0.3) is 10.9 Å². The monoisotopic (exact) mass is 496 g/mol. The number of aromatic nitrogens is 2. The Morgan fingerprint density at radius 2 is 1.94 bits per heavy atom. The summed E-state index contributed by atoms with van der Waals surface area (Å²) in [4.78, 5) is 34.4. The Morgan fingerprint density at radius 3 is 2.74 bits per heavy atom. The lowest BCUT2D eigenvalue weighted by molar-refractivity contribution is -0.126. The molecule has 0 aliphatic carbocycles. The average molecular weight is 497 g/mol. The molecule has 0 saturated carbocycles. The molecule has 0 bridgehead atoms. The maximum Gasteiger partial charge on any atom is 0.249 e. The SMILES string of the molecule is O=C(CC1C(=O)Nc2c3ccccc3nc(=S)n21)NCCN1CCN(c2cccc(Cl)c2)CC1. The van der Waals surface area contributed by atoms with Gasteiger partial charge in [0.15, 0.2) is 0 Å². The first-order valence-corrected chi connectivity index (χ1v) is 12.1. The molecule has 1 atom stereocenters. The highest BCUT2D eigenvalue weighted by Crippen LogP contribution is 2.32. The standard InChI is InChI=1S/C24H25ClN6O2S/c25-16-4-3-5-17(14-16)30-12-10-29(11-13-30)9-8-26-21(32)15-20-23(33)28-22-18-6-1-2-7-19(18)27-24(34)31(20)22/h1-7,14,20H,8-13,15H2,(H,26,32)(H,28,33). The van der Waals surface area contributed by atoms with Crippen LogP contribution in [0.4, 0.5) is 11.5 Å². The lowest BCUT2D eigenvalue weighted by Gasteiger charge is -2.36. The summed E-state index contributed by atoms with van der Waals surface area (Å²) in [5.74, 6) is 0.188. The largest absolute Gasteiger partial charge is 0.369 e. The zero-order valence-electron chi connectivity index (χ0n) is 18.5. The highest BCUT2D eigenvalue weighted by Gasteiger charge is 2.33. The van der Waals surface area contributed by atoms with E-state index in [4.69, 9.17) is 23.8 Å². The number of halogens is 1. The predicted octanol–water partition coefficient (Wildman–Crippen LogP) is 3.24. The number of amides is 2. The highest BCUT2D eigenvalue weighted by atomic mass is 35.5. The summed E-state index contributed by atoms with van der Waals surface area (Å²) < 4.78 is 1.96. The normalized spacial score (nSPS) is 18.1. The van der Waals surface area contributed by atoms with Gasteiger partial charge in [0.2, 0.25) is 16.6 Å². The molecule has 1 aromatic heterocycles. The molecule has 2 aliphatic rings. The van der Waals surface area contributed by atoms with Gasteiger partial charge in [-0.2, -0.15) is 0 Å². The third-order valence-electron chi connectivity index (χ3n) is 6.35. The molecule has 2 aromatic carbocycles. The number of anilines is 2. The number of rotatable bonds is 6. The van der Waals surface area contributed by atoms with Crippen molar-refractivity contribution in [3.8, 4) is 0 Å². The average Bonchev–Trinajstić information content (AvgIpc) is 3.16. The molecule has 1 fully saturated rings. The van der Waals surface area contributed by atoms with Crippen LogP contribution in [0.1, 0.15) is 12.5 Å². The van der Waals surface area contributed by atoms with E-state index in [9.17, 15) is 9.59 Å². The van der Waals surface area contributed by atoms with Gasteiger partial charge in [0.25, 0.3) is 0 Å².